The lowest BCUT2D eigenvalue weighted by atomic mass is 10.1. The quantitative estimate of drug-likeness (QED) is 0.796. The predicted molar refractivity (Wildman–Crippen MR) is 98.9 cm³/mol. The Morgan fingerprint density at radius 3 is 2.50 bits per heavy atom. The molecule has 2 aromatic heterocycles. The molecule has 3 heterocycles. The summed E-state index contributed by atoms with van der Waals surface area (Å²) < 4.78 is 2.17. The number of hydrogen-bond donors (Lipinski definition) is 1. The third-order valence-corrected chi connectivity index (χ3v) is 4.89. The smallest absolute Gasteiger partial charge is 0.137 e. The van der Waals surface area contributed by atoms with Crippen LogP contribution in [-0.2, 0) is 6.54 Å². The van der Waals surface area contributed by atoms with Crippen molar-refractivity contribution in [1.29, 1.82) is 0 Å². The van der Waals surface area contributed by atoms with Gasteiger partial charge in [-0.3, -0.25) is 4.90 Å². The van der Waals surface area contributed by atoms with Gasteiger partial charge in [0.05, 0.1) is 11.4 Å². The first kappa shape index (κ1) is 15.2. The fraction of sp³-hybridized carbons (Fsp3) is 0.350. The van der Waals surface area contributed by atoms with Gasteiger partial charge in [-0.2, -0.15) is 0 Å². The highest BCUT2D eigenvalue weighted by atomic mass is 15.2. The molecule has 0 spiro atoms. The van der Waals surface area contributed by atoms with Crippen molar-refractivity contribution in [3.8, 4) is 11.3 Å². The van der Waals surface area contributed by atoms with Crippen LogP contribution in [0, 0.1) is 6.92 Å². The summed E-state index contributed by atoms with van der Waals surface area (Å²) in [5.41, 5.74) is 12.5. The number of anilines is 1. The summed E-state index contributed by atoms with van der Waals surface area (Å²) in [7, 11) is 0. The van der Waals surface area contributed by atoms with Gasteiger partial charge in [-0.1, -0.05) is 36.2 Å². The average molecular weight is 320 g/mol. The monoisotopic (exact) mass is 320 g/mol. The highest BCUT2D eigenvalue weighted by molar-refractivity contribution is 5.67. The Kier molecular flexibility index (Phi) is 3.98. The maximum Gasteiger partial charge on any atom is 0.137 e. The molecule has 1 aliphatic rings. The molecule has 1 aromatic carbocycles. The Morgan fingerprint density at radius 1 is 1.00 bits per heavy atom. The zero-order chi connectivity index (χ0) is 16.5. The lowest BCUT2D eigenvalue weighted by molar-refractivity contribution is 0.218. The third kappa shape index (κ3) is 2.89. The number of nitrogens with zero attached hydrogens (tertiary/aromatic N) is 3. The molecule has 0 radical (unpaired) electrons. The standard InChI is InChI=1S/C20H24N4/c1-15-5-7-16(8-6-15)20-18(14-23-11-3-2-4-12-23)24-13-17(21)9-10-19(24)22-20/h5-10,13H,2-4,11-12,14,21H2,1H3. The van der Waals surface area contributed by atoms with Crippen molar-refractivity contribution in [2.24, 2.45) is 0 Å². The van der Waals surface area contributed by atoms with E-state index in [-0.39, 0.29) is 0 Å². The first-order valence-electron chi connectivity index (χ1n) is 8.76. The number of aryl methyl sites for hydroxylation is 1. The summed E-state index contributed by atoms with van der Waals surface area (Å²) in [6.45, 7) is 5.38. The number of aromatic nitrogens is 2. The van der Waals surface area contributed by atoms with Crippen molar-refractivity contribution < 1.29 is 0 Å². The van der Waals surface area contributed by atoms with Crippen LogP contribution in [0.15, 0.2) is 42.6 Å². The van der Waals surface area contributed by atoms with Gasteiger partial charge in [0.2, 0.25) is 0 Å². The van der Waals surface area contributed by atoms with E-state index in [0.29, 0.717) is 0 Å². The number of nitrogen functional groups attached to an aromatic ring is 1. The van der Waals surface area contributed by atoms with E-state index in [9.17, 15) is 0 Å². The fourth-order valence-electron chi connectivity index (χ4n) is 3.53. The number of imidazole rings is 1. The van der Waals surface area contributed by atoms with Crippen LogP contribution in [0.2, 0.25) is 0 Å². The molecule has 0 aliphatic carbocycles. The van der Waals surface area contributed by atoms with Gasteiger partial charge in [0, 0.05) is 24.0 Å². The van der Waals surface area contributed by atoms with Crippen LogP contribution in [0.1, 0.15) is 30.5 Å². The molecule has 4 nitrogen and oxygen atoms in total. The van der Waals surface area contributed by atoms with Gasteiger partial charge in [0.1, 0.15) is 5.65 Å². The number of pyridine rings is 1. The molecule has 24 heavy (non-hydrogen) atoms. The van der Waals surface area contributed by atoms with Gasteiger partial charge in [-0.05, 0) is 45.0 Å². The van der Waals surface area contributed by atoms with Crippen molar-refractivity contribution in [2.45, 2.75) is 32.7 Å². The minimum Gasteiger partial charge on any atom is -0.398 e. The number of fused-ring (bicyclic) bond motifs is 1. The molecule has 1 fully saturated rings. The molecule has 0 atom stereocenters. The van der Waals surface area contributed by atoms with Crippen LogP contribution < -0.4 is 5.73 Å². The lowest BCUT2D eigenvalue weighted by Crippen LogP contribution is -2.29. The van der Waals surface area contributed by atoms with E-state index in [0.717, 1.165) is 23.6 Å². The predicted octanol–water partition coefficient (Wildman–Crippen LogP) is 3.88. The highest BCUT2D eigenvalue weighted by Gasteiger charge is 2.18. The fourth-order valence-corrected chi connectivity index (χ4v) is 3.53. The molecule has 3 aromatic rings. The number of likely N-dealkylation sites (tertiary alicyclic amines) is 1. The van der Waals surface area contributed by atoms with Crippen molar-refractivity contribution >= 4 is 11.3 Å². The van der Waals surface area contributed by atoms with Gasteiger partial charge in [-0.25, -0.2) is 4.98 Å². The number of hydrogen-bond acceptors (Lipinski definition) is 3. The minimum absolute atomic E-state index is 0.773. The van der Waals surface area contributed by atoms with Crippen LogP contribution >= 0.6 is 0 Å². The van der Waals surface area contributed by atoms with Crippen molar-refractivity contribution in [2.75, 3.05) is 18.8 Å². The van der Waals surface area contributed by atoms with E-state index in [1.165, 1.54) is 49.2 Å². The number of nitrogens with two attached hydrogens (primary N) is 1. The molecule has 0 unspecified atom stereocenters. The Morgan fingerprint density at radius 2 is 1.75 bits per heavy atom. The van der Waals surface area contributed by atoms with E-state index in [1.54, 1.807) is 0 Å². The summed E-state index contributed by atoms with van der Waals surface area (Å²) in [5.74, 6) is 0. The maximum atomic E-state index is 6.03. The Bertz CT molecular complexity index is 842. The molecular formula is C20H24N4. The summed E-state index contributed by atoms with van der Waals surface area (Å²) >= 11 is 0. The molecule has 4 rings (SSSR count). The summed E-state index contributed by atoms with van der Waals surface area (Å²) in [6, 6.07) is 12.6. The second-order valence-corrected chi connectivity index (χ2v) is 6.80. The van der Waals surface area contributed by atoms with Gasteiger partial charge in [0.25, 0.3) is 0 Å². The first-order valence-corrected chi connectivity index (χ1v) is 8.76. The second-order valence-electron chi connectivity index (χ2n) is 6.80. The van der Waals surface area contributed by atoms with Crippen molar-refractivity contribution in [3.63, 3.8) is 0 Å². The van der Waals surface area contributed by atoms with Crippen LogP contribution in [0.25, 0.3) is 16.9 Å². The molecule has 0 saturated carbocycles. The number of benzene rings is 1. The second kappa shape index (κ2) is 6.29. The Hall–Kier alpha value is -2.33. The van der Waals surface area contributed by atoms with Crippen molar-refractivity contribution in [3.05, 3.63) is 53.9 Å². The van der Waals surface area contributed by atoms with Gasteiger partial charge >= 0.3 is 0 Å². The van der Waals surface area contributed by atoms with Gasteiger partial charge in [-0.15, -0.1) is 0 Å². The zero-order valence-corrected chi connectivity index (χ0v) is 14.2. The van der Waals surface area contributed by atoms with E-state index in [4.69, 9.17) is 10.7 Å². The van der Waals surface area contributed by atoms with E-state index < -0.39 is 0 Å². The summed E-state index contributed by atoms with van der Waals surface area (Å²) in [4.78, 5) is 7.44. The molecule has 1 aliphatic heterocycles. The molecule has 0 bridgehead atoms. The minimum atomic E-state index is 0.773. The molecule has 2 N–H and O–H groups in total. The molecule has 4 heteroatoms. The largest absolute Gasteiger partial charge is 0.398 e. The molecule has 124 valence electrons. The van der Waals surface area contributed by atoms with Gasteiger partial charge in [0.15, 0.2) is 0 Å². The topological polar surface area (TPSA) is 46.6 Å². The van der Waals surface area contributed by atoms with E-state index in [1.807, 2.05) is 18.3 Å². The first-order chi connectivity index (χ1) is 11.7. The SMILES string of the molecule is Cc1ccc(-c2nc3ccc(N)cn3c2CN2CCCCC2)cc1. The molecule has 1 saturated heterocycles. The Balaban J connectivity index is 1.81. The van der Waals surface area contributed by atoms with Crippen LogP contribution in [0.3, 0.4) is 0 Å². The average Bonchev–Trinajstić information content (AvgIpc) is 2.94. The maximum absolute atomic E-state index is 6.03. The highest BCUT2D eigenvalue weighted by Crippen LogP contribution is 2.27. The van der Waals surface area contributed by atoms with E-state index in [2.05, 4.69) is 40.5 Å². The lowest BCUT2D eigenvalue weighted by Gasteiger charge is -2.26. The zero-order valence-electron chi connectivity index (χ0n) is 14.2. The molecule has 0 amide bonds. The number of piperidine rings is 1. The number of rotatable bonds is 3. The van der Waals surface area contributed by atoms with Crippen LogP contribution in [-0.4, -0.2) is 27.4 Å². The summed E-state index contributed by atoms with van der Waals surface area (Å²) in [5, 5.41) is 0. The molecular weight excluding hydrogens is 296 g/mol. The van der Waals surface area contributed by atoms with E-state index >= 15 is 0 Å². The Labute approximate surface area is 142 Å². The van der Waals surface area contributed by atoms with Crippen molar-refractivity contribution in [1.82, 2.24) is 14.3 Å². The summed E-state index contributed by atoms with van der Waals surface area (Å²) in [6.07, 6.45) is 5.93. The van der Waals surface area contributed by atoms with Crippen LogP contribution in [0.4, 0.5) is 5.69 Å². The van der Waals surface area contributed by atoms with Gasteiger partial charge < -0.3 is 10.1 Å². The van der Waals surface area contributed by atoms with Crippen LogP contribution in [0.5, 0.6) is 0 Å². The normalized spacial score (nSPS) is 15.9. The third-order valence-electron chi connectivity index (χ3n) is 4.89.